The predicted octanol–water partition coefficient (Wildman–Crippen LogP) is 5.57. The Morgan fingerprint density at radius 3 is 2.52 bits per heavy atom. The average molecular weight is 622 g/mol. The molecule has 1 aliphatic rings. The van der Waals surface area contributed by atoms with Gasteiger partial charge in [0, 0.05) is 30.2 Å². The first-order valence-electron chi connectivity index (χ1n) is 13.4. The number of rotatable bonds is 7. The summed E-state index contributed by atoms with van der Waals surface area (Å²) in [6, 6.07) is 12.5. The topological polar surface area (TPSA) is 142 Å². The summed E-state index contributed by atoms with van der Waals surface area (Å²) in [5, 5.41) is 15.7. The van der Waals surface area contributed by atoms with Crippen LogP contribution in [0.4, 0.5) is 13.2 Å². The lowest BCUT2D eigenvalue weighted by molar-refractivity contribution is 0.167. The summed E-state index contributed by atoms with van der Waals surface area (Å²) in [7, 11) is 0. The van der Waals surface area contributed by atoms with E-state index in [2.05, 4.69) is 43.4 Å². The van der Waals surface area contributed by atoms with E-state index in [-0.39, 0.29) is 63.5 Å². The zero-order chi connectivity index (χ0) is 31.3. The van der Waals surface area contributed by atoms with Gasteiger partial charge in [0.1, 0.15) is 29.9 Å². The number of H-pyrrole nitrogens is 2. The van der Waals surface area contributed by atoms with Gasteiger partial charge in [0.2, 0.25) is 11.7 Å². The van der Waals surface area contributed by atoms with E-state index in [1.165, 1.54) is 30.7 Å². The van der Waals surface area contributed by atoms with Gasteiger partial charge < -0.3 is 9.47 Å². The van der Waals surface area contributed by atoms with Crippen molar-refractivity contribution in [1.29, 1.82) is 5.26 Å². The molecule has 0 aliphatic carbocycles. The van der Waals surface area contributed by atoms with Gasteiger partial charge in [-0.3, -0.25) is 9.47 Å². The van der Waals surface area contributed by atoms with Crippen molar-refractivity contribution in [3.63, 3.8) is 0 Å². The van der Waals surface area contributed by atoms with Gasteiger partial charge in [-0.05, 0) is 59.3 Å². The lowest BCUT2D eigenvalue weighted by Gasteiger charge is -2.11. The fraction of sp³-hybridized carbons (Fsp3) is 0.267. The second-order valence-corrected chi connectivity index (χ2v) is 11.5. The summed E-state index contributed by atoms with van der Waals surface area (Å²) in [5.41, 5.74) is 0.404. The number of pyridine rings is 1. The molecule has 0 saturated carbocycles. The van der Waals surface area contributed by atoms with E-state index >= 15 is 0 Å². The normalized spacial score (nSPS) is 13.6. The Bertz CT molecular complexity index is 1870. The first kappa shape index (κ1) is 30.6. The minimum absolute atomic E-state index is 0.0304. The van der Waals surface area contributed by atoms with E-state index in [9.17, 15) is 18.0 Å². The fourth-order valence-electron chi connectivity index (χ4n) is 4.20. The third-order valence-electron chi connectivity index (χ3n) is 6.63. The zero-order valence-corrected chi connectivity index (χ0v) is 24.5. The number of aromatic nitrogens is 6. The summed E-state index contributed by atoms with van der Waals surface area (Å²) < 4.78 is 57.1. The molecule has 0 unspecified atom stereocenters. The molecule has 44 heavy (non-hydrogen) atoms. The van der Waals surface area contributed by atoms with Gasteiger partial charge in [-0.25, -0.2) is 27.9 Å². The summed E-state index contributed by atoms with van der Waals surface area (Å²) in [6.45, 7) is 6.22. The van der Waals surface area contributed by atoms with Gasteiger partial charge in [-0.2, -0.15) is 15.3 Å². The van der Waals surface area contributed by atoms with E-state index in [1.54, 1.807) is 6.07 Å². The average Bonchev–Trinajstić information content (AvgIpc) is 3.75. The molecule has 5 aromatic rings. The minimum Gasteiger partial charge on any atom is -0.473 e. The molecule has 2 N–H and O–H groups in total. The third-order valence-corrected chi connectivity index (χ3v) is 7.37. The maximum absolute atomic E-state index is 15.0. The van der Waals surface area contributed by atoms with Crippen molar-refractivity contribution >= 4 is 11.5 Å². The van der Waals surface area contributed by atoms with Crippen molar-refractivity contribution in [2.45, 2.75) is 33.3 Å². The molecule has 0 bridgehead atoms. The molecule has 14 heteroatoms. The summed E-state index contributed by atoms with van der Waals surface area (Å²) in [4.78, 5) is 23.3. The first-order chi connectivity index (χ1) is 21.1. The fourth-order valence-corrected chi connectivity index (χ4v) is 4.74. The molecule has 1 saturated heterocycles. The maximum atomic E-state index is 15.0. The van der Waals surface area contributed by atoms with Crippen LogP contribution < -0.4 is 10.4 Å². The van der Waals surface area contributed by atoms with Crippen LogP contribution in [-0.4, -0.2) is 42.7 Å². The molecular weight excluding hydrogens is 595 g/mol. The highest BCUT2D eigenvalue weighted by Crippen LogP contribution is 2.28. The number of benzene rings is 2. The summed E-state index contributed by atoms with van der Waals surface area (Å²) in [6.07, 6.45) is 1.15. The molecule has 6 rings (SSSR count). The monoisotopic (exact) mass is 621 g/mol. The highest BCUT2D eigenvalue weighted by Gasteiger charge is 2.23. The number of nitrogens with one attached hydrogen (secondary N) is 2. The van der Waals surface area contributed by atoms with Crippen molar-refractivity contribution in [1.82, 2.24) is 29.5 Å². The van der Waals surface area contributed by atoms with Gasteiger partial charge in [0.25, 0.3) is 0 Å². The highest BCUT2D eigenvalue weighted by atomic mass is 32.1. The van der Waals surface area contributed by atoms with Crippen LogP contribution in [0.2, 0.25) is 0 Å². The number of hydrogen-bond acceptors (Lipinski definition) is 9. The van der Waals surface area contributed by atoms with E-state index in [4.69, 9.17) is 14.7 Å². The van der Waals surface area contributed by atoms with Crippen molar-refractivity contribution in [2.75, 3.05) is 13.2 Å². The van der Waals surface area contributed by atoms with Gasteiger partial charge in [-0.15, -0.1) is 0 Å². The van der Waals surface area contributed by atoms with Crippen LogP contribution in [0, 0.1) is 34.2 Å². The molecule has 10 nitrogen and oxygen atoms in total. The second-order valence-electron chi connectivity index (χ2n) is 10.7. The minimum atomic E-state index is -0.718. The highest BCUT2D eigenvalue weighted by molar-refractivity contribution is 7.08. The largest absolute Gasteiger partial charge is 0.473 e. The molecule has 226 valence electrons. The standard InChI is InChI=1S/C24H14F3N7O2S.C6H12O/c25-16-6-12(10-28)4-5-13(16)11-36-21-3-1-2-19(29-21)15-9-17(26)14(7-18(15)27)8-20-30-22(33-32-20)23-31-24(35)34-37-23;1-6(2)3-4-7-5-6/h1-7,9H,8,11H2,(H,34,35)(H,30,32,33);3-5H2,1-2H3. The Morgan fingerprint density at radius 1 is 1.05 bits per heavy atom. The molecule has 0 amide bonds. The van der Waals surface area contributed by atoms with Crippen LogP contribution in [0.3, 0.4) is 0 Å². The number of nitrogens with zero attached hydrogens (tertiary/aromatic N) is 5. The Hall–Kier alpha value is -4.87. The zero-order valence-electron chi connectivity index (χ0n) is 23.7. The number of ether oxygens (including phenoxy) is 2. The lowest BCUT2D eigenvalue weighted by Crippen LogP contribution is -2.08. The third kappa shape index (κ3) is 7.55. The van der Waals surface area contributed by atoms with Gasteiger partial charge >= 0.3 is 5.69 Å². The van der Waals surface area contributed by atoms with Crippen LogP contribution in [0.1, 0.15) is 42.8 Å². The molecule has 1 aliphatic heterocycles. The van der Waals surface area contributed by atoms with Crippen LogP contribution >= 0.6 is 11.5 Å². The maximum Gasteiger partial charge on any atom is 0.355 e. The quantitative estimate of drug-likeness (QED) is 0.240. The van der Waals surface area contributed by atoms with E-state index in [1.807, 2.05) is 6.07 Å². The first-order valence-corrected chi connectivity index (χ1v) is 14.2. The van der Waals surface area contributed by atoms with Crippen LogP contribution in [-0.2, 0) is 17.8 Å². The van der Waals surface area contributed by atoms with Crippen LogP contribution in [0.5, 0.6) is 5.88 Å². The number of hydrogen-bond donors (Lipinski definition) is 2. The predicted molar refractivity (Wildman–Crippen MR) is 155 cm³/mol. The van der Waals surface area contributed by atoms with Crippen LogP contribution in [0.25, 0.3) is 22.1 Å². The number of aromatic amines is 2. The molecule has 0 radical (unpaired) electrons. The van der Waals surface area contributed by atoms with Crippen molar-refractivity contribution in [2.24, 2.45) is 5.41 Å². The Labute approximate surface area is 253 Å². The Balaban J connectivity index is 0.000000484. The molecule has 2 aromatic carbocycles. The molecular formula is C30H26F3N7O3S. The van der Waals surface area contributed by atoms with E-state index in [0.29, 0.717) is 5.41 Å². The van der Waals surface area contributed by atoms with Crippen molar-refractivity contribution in [3.05, 3.63) is 99.0 Å². The number of nitriles is 1. The Kier molecular flexibility index (Phi) is 9.17. The lowest BCUT2D eigenvalue weighted by atomic mass is 9.94. The van der Waals surface area contributed by atoms with E-state index in [0.717, 1.165) is 42.9 Å². The molecule has 1 fully saturated rings. The number of halogens is 3. The summed E-state index contributed by atoms with van der Waals surface area (Å²) in [5.74, 6) is -1.50. The molecule has 0 spiro atoms. The smallest absolute Gasteiger partial charge is 0.355 e. The molecule has 4 heterocycles. The Morgan fingerprint density at radius 2 is 1.86 bits per heavy atom. The molecule has 3 aromatic heterocycles. The second kappa shape index (κ2) is 13.2. The summed E-state index contributed by atoms with van der Waals surface area (Å²) >= 11 is 0.958. The van der Waals surface area contributed by atoms with Crippen molar-refractivity contribution < 1.29 is 22.6 Å². The van der Waals surface area contributed by atoms with Gasteiger partial charge in [0.05, 0.1) is 23.9 Å². The SMILES string of the molecule is CC1(C)CCOC1.N#Cc1ccc(COc2cccc(-c3cc(F)c(Cc4nc(-c5nc(=O)[nH]s5)n[nH]4)cc3F)n2)c(F)c1. The van der Waals surface area contributed by atoms with Gasteiger partial charge in [0.15, 0.2) is 5.01 Å². The van der Waals surface area contributed by atoms with E-state index < -0.39 is 23.1 Å². The van der Waals surface area contributed by atoms with Gasteiger partial charge in [-0.1, -0.05) is 26.0 Å². The van der Waals surface area contributed by atoms with Crippen LogP contribution in [0.15, 0.2) is 53.3 Å². The molecule has 0 atom stereocenters. The van der Waals surface area contributed by atoms with Crippen molar-refractivity contribution in [3.8, 4) is 34.0 Å².